The van der Waals surface area contributed by atoms with Crippen molar-refractivity contribution in [3.63, 3.8) is 0 Å². The van der Waals surface area contributed by atoms with E-state index in [0.717, 1.165) is 27.8 Å². The second-order valence-corrected chi connectivity index (χ2v) is 7.99. The van der Waals surface area contributed by atoms with E-state index in [1.54, 1.807) is 0 Å². The van der Waals surface area contributed by atoms with Crippen molar-refractivity contribution in [2.24, 2.45) is 4.99 Å². The predicted molar refractivity (Wildman–Crippen MR) is 122 cm³/mol. The summed E-state index contributed by atoms with van der Waals surface area (Å²) in [5, 5.41) is 4.21. The Labute approximate surface area is 173 Å². The summed E-state index contributed by atoms with van der Waals surface area (Å²) in [5.41, 5.74) is 5.59. The van der Waals surface area contributed by atoms with Crippen molar-refractivity contribution in [3.8, 4) is 0 Å². The van der Waals surface area contributed by atoms with E-state index >= 15 is 0 Å². The Kier molecular flexibility index (Phi) is 6.53. The van der Waals surface area contributed by atoms with Gasteiger partial charge in [-0.25, -0.2) is 4.99 Å². The van der Waals surface area contributed by atoms with Gasteiger partial charge in [-0.15, -0.1) is 0 Å². The third-order valence-electron chi connectivity index (χ3n) is 4.72. The quantitative estimate of drug-likeness (QED) is 0.349. The molecule has 0 amide bonds. The van der Waals surface area contributed by atoms with Gasteiger partial charge in [0.1, 0.15) is 5.84 Å². The molecule has 0 saturated heterocycles. The summed E-state index contributed by atoms with van der Waals surface area (Å²) in [6.07, 6.45) is 0. The highest BCUT2D eigenvalue weighted by Gasteiger charge is 2.15. The van der Waals surface area contributed by atoms with E-state index < -0.39 is 0 Å². The minimum atomic E-state index is 0.394. The Morgan fingerprint density at radius 3 is 1.86 bits per heavy atom. The van der Waals surface area contributed by atoms with E-state index in [2.05, 4.69) is 63.3 Å². The minimum absolute atomic E-state index is 0.394. The highest BCUT2D eigenvalue weighted by atomic mass is 35.5. The van der Waals surface area contributed by atoms with Crippen molar-refractivity contribution in [1.29, 1.82) is 0 Å². The zero-order valence-electron chi connectivity index (χ0n) is 16.9. The fourth-order valence-corrected chi connectivity index (χ4v) is 3.31. The average Bonchev–Trinajstić information content (AvgIpc) is 2.69. The maximum Gasteiger partial charge on any atom is 0.138 e. The average molecular weight is 391 g/mol. The van der Waals surface area contributed by atoms with Crippen LogP contribution in [-0.4, -0.2) is 5.84 Å². The Morgan fingerprint density at radius 2 is 1.32 bits per heavy atom. The Hall–Kier alpha value is -2.58. The fourth-order valence-electron chi connectivity index (χ4n) is 3.18. The van der Waals surface area contributed by atoms with Crippen LogP contribution in [0, 0.1) is 0 Å². The van der Waals surface area contributed by atoms with Crippen molar-refractivity contribution in [1.82, 2.24) is 0 Å². The number of anilines is 1. The number of aliphatic imine (C=N–C) groups is 1. The molecule has 3 heteroatoms. The van der Waals surface area contributed by atoms with Crippen molar-refractivity contribution in [2.75, 3.05) is 5.32 Å². The van der Waals surface area contributed by atoms with Gasteiger partial charge in [-0.3, -0.25) is 0 Å². The van der Waals surface area contributed by atoms with Gasteiger partial charge in [0.15, 0.2) is 0 Å². The number of para-hydroxylation sites is 1. The third kappa shape index (κ3) is 4.82. The third-order valence-corrected chi connectivity index (χ3v) is 4.97. The lowest BCUT2D eigenvalue weighted by Crippen LogP contribution is -2.14. The van der Waals surface area contributed by atoms with Crippen molar-refractivity contribution in [3.05, 3.63) is 94.5 Å². The van der Waals surface area contributed by atoms with E-state index in [9.17, 15) is 0 Å². The molecule has 0 aliphatic heterocycles. The monoisotopic (exact) mass is 390 g/mol. The zero-order chi connectivity index (χ0) is 20.1. The molecular weight excluding hydrogens is 364 g/mol. The summed E-state index contributed by atoms with van der Waals surface area (Å²) < 4.78 is 0. The van der Waals surface area contributed by atoms with Crippen molar-refractivity contribution >= 4 is 28.8 Å². The highest BCUT2D eigenvalue weighted by molar-refractivity contribution is 6.30. The van der Waals surface area contributed by atoms with Crippen LogP contribution in [0.2, 0.25) is 5.02 Å². The lowest BCUT2D eigenvalue weighted by atomic mass is 9.93. The topological polar surface area (TPSA) is 24.4 Å². The first kappa shape index (κ1) is 20.2. The van der Waals surface area contributed by atoms with Crippen LogP contribution in [-0.2, 0) is 0 Å². The van der Waals surface area contributed by atoms with Gasteiger partial charge in [-0.2, -0.15) is 0 Å². The maximum atomic E-state index is 6.05. The van der Waals surface area contributed by atoms with E-state index in [1.165, 1.54) is 11.1 Å². The van der Waals surface area contributed by atoms with Gasteiger partial charge >= 0.3 is 0 Å². The number of rotatable bonds is 5. The molecule has 0 aliphatic carbocycles. The van der Waals surface area contributed by atoms with Crippen LogP contribution >= 0.6 is 11.6 Å². The summed E-state index contributed by atoms with van der Waals surface area (Å²) in [5.74, 6) is 1.62. The van der Waals surface area contributed by atoms with Crippen LogP contribution in [0.1, 0.15) is 56.2 Å². The van der Waals surface area contributed by atoms with Crippen LogP contribution in [0.15, 0.2) is 77.8 Å². The number of nitrogens with zero attached hydrogens (tertiary/aromatic N) is 1. The summed E-state index contributed by atoms with van der Waals surface area (Å²) in [4.78, 5) is 5.16. The van der Waals surface area contributed by atoms with Crippen LogP contribution < -0.4 is 5.32 Å². The van der Waals surface area contributed by atoms with Crippen molar-refractivity contribution < 1.29 is 0 Å². The molecule has 0 atom stereocenters. The molecule has 0 saturated carbocycles. The van der Waals surface area contributed by atoms with Gasteiger partial charge in [0.25, 0.3) is 0 Å². The van der Waals surface area contributed by atoms with Gasteiger partial charge in [-0.1, -0.05) is 87.8 Å². The number of halogens is 1. The number of hydrogen-bond acceptors (Lipinski definition) is 1. The van der Waals surface area contributed by atoms with Crippen LogP contribution in [0.4, 0.5) is 11.4 Å². The first-order valence-corrected chi connectivity index (χ1v) is 10.1. The van der Waals surface area contributed by atoms with Gasteiger partial charge in [0.05, 0.1) is 5.69 Å². The second kappa shape index (κ2) is 9.07. The van der Waals surface area contributed by atoms with Gasteiger partial charge in [0.2, 0.25) is 0 Å². The molecule has 28 heavy (non-hydrogen) atoms. The second-order valence-electron chi connectivity index (χ2n) is 7.55. The maximum absolute atomic E-state index is 6.05. The SMILES string of the molecule is CC(C)c1cccc(C(C)C)c1N=C(Nc1ccc(Cl)cc1)c1ccccc1. The molecule has 0 bridgehead atoms. The van der Waals surface area contributed by atoms with Gasteiger partial charge < -0.3 is 5.32 Å². The molecule has 0 fully saturated rings. The molecule has 3 aromatic rings. The lowest BCUT2D eigenvalue weighted by Gasteiger charge is -2.18. The number of amidine groups is 1. The molecule has 0 heterocycles. The fraction of sp³-hybridized carbons (Fsp3) is 0.240. The Morgan fingerprint density at radius 1 is 0.750 bits per heavy atom. The number of benzene rings is 3. The normalized spacial score (nSPS) is 11.9. The molecule has 0 unspecified atom stereocenters. The number of nitrogens with one attached hydrogen (secondary N) is 1. The molecule has 3 rings (SSSR count). The molecule has 0 radical (unpaired) electrons. The predicted octanol–water partition coefficient (Wildman–Crippen LogP) is 7.78. The highest BCUT2D eigenvalue weighted by Crippen LogP contribution is 2.35. The summed E-state index contributed by atoms with van der Waals surface area (Å²) in [7, 11) is 0. The summed E-state index contributed by atoms with van der Waals surface area (Å²) in [6, 6.07) is 24.4. The zero-order valence-corrected chi connectivity index (χ0v) is 17.7. The smallest absolute Gasteiger partial charge is 0.138 e. The molecule has 0 aliphatic rings. The molecule has 0 spiro atoms. The van der Waals surface area contributed by atoms with E-state index in [1.807, 2.05) is 42.5 Å². The molecule has 3 aromatic carbocycles. The minimum Gasteiger partial charge on any atom is -0.340 e. The van der Waals surface area contributed by atoms with Gasteiger partial charge in [0, 0.05) is 16.3 Å². The Balaban J connectivity index is 2.15. The van der Waals surface area contributed by atoms with Crippen LogP contribution in [0.3, 0.4) is 0 Å². The molecule has 2 nitrogen and oxygen atoms in total. The molecule has 1 N–H and O–H groups in total. The van der Waals surface area contributed by atoms with E-state index in [4.69, 9.17) is 16.6 Å². The first-order chi connectivity index (χ1) is 13.5. The van der Waals surface area contributed by atoms with E-state index in [-0.39, 0.29) is 0 Å². The standard InChI is InChI=1S/C25H27ClN2/c1-17(2)22-11-8-12-23(18(3)4)24(22)28-25(19-9-6-5-7-10-19)27-21-15-13-20(26)14-16-21/h5-18H,1-4H3,(H,27,28). The largest absolute Gasteiger partial charge is 0.340 e. The van der Waals surface area contributed by atoms with Crippen LogP contribution in [0.5, 0.6) is 0 Å². The Bertz CT molecular complexity index is 916. The number of hydrogen-bond donors (Lipinski definition) is 1. The summed E-state index contributed by atoms with van der Waals surface area (Å²) >= 11 is 6.05. The summed E-state index contributed by atoms with van der Waals surface area (Å²) in [6.45, 7) is 8.86. The molecular formula is C25H27ClN2. The molecule has 144 valence electrons. The van der Waals surface area contributed by atoms with Crippen LogP contribution in [0.25, 0.3) is 0 Å². The van der Waals surface area contributed by atoms with Gasteiger partial charge in [-0.05, 0) is 47.2 Å². The van der Waals surface area contributed by atoms with E-state index in [0.29, 0.717) is 11.8 Å². The lowest BCUT2D eigenvalue weighted by molar-refractivity contribution is 0.834. The molecule has 0 aromatic heterocycles. The first-order valence-electron chi connectivity index (χ1n) is 9.75. The van der Waals surface area contributed by atoms with Crippen molar-refractivity contribution in [2.45, 2.75) is 39.5 Å².